The topological polar surface area (TPSA) is 61.8 Å². The lowest BCUT2D eigenvalue weighted by atomic mass is 9.87. The molecule has 1 heterocycles. The number of nitrogens with zero attached hydrogens (tertiary/aromatic N) is 1. The maximum Gasteiger partial charge on any atom is 0.408 e. The second-order valence-corrected chi connectivity index (χ2v) is 8.29. The van der Waals surface area contributed by atoms with E-state index < -0.39 is 17.8 Å². The molecule has 1 unspecified atom stereocenters. The molecule has 140 valence electrons. The van der Waals surface area contributed by atoms with E-state index >= 15 is 0 Å². The van der Waals surface area contributed by atoms with Crippen LogP contribution in [0.1, 0.15) is 64.8 Å². The lowest BCUT2D eigenvalue weighted by Gasteiger charge is -2.44. The van der Waals surface area contributed by atoms with Crippen molar-refractivity contribution < 1.29 is 14.6 Å². The summed E-state index contributed by atoms with van der Waals surface area (Å²) in [5.41, 5.74) is 1.41. The van der Waals surface area contributed by atoms with Crippen molar-refractivity contribution in [2.24, 2.45) is 5.92 Å². The second kappa shape index (κ2) is 7.75. The zero-order valence-corrected chi connectivity index (χ0v) is 16.2. The van der Waals surface area contributed by atoms with E-state index in [0.717, 1.165) is 24.2 Å². The van der Waals surface area contributed by atoms with Gasteiger partial charge in [-0.25, -0.2) is 4.79 Å². The molecule has 5 heteroatoms. The normalized spacial score (nSPS) is 18.6. The SMILES string of the molecule is CC(C)N1CC(C(O)c2ccc([C@H](C)NC(=O)OC(C)(C)C)cc2)C1. The van der Waals surface area contributed by atoms with Gasteiger partial charge in [0.2, 0.25) is 0 Å². The Labute approximate surface area is 151 Å². The zero-order valence-electron chi connectivity index (χ0n) is 16.2. The van der Waals surface area contributed by atoms with E-state index in [9.17, 15) is 9.90 Å². The molecule has 0 spiro atoms. The van der Waals surface area contributed by atoms with Crippen molar-refractivity contribution in [1.29, 1.82) is 0 Å². The molecule has 0 saturated carbocycles. The Morgan fingerprint density at radius 2 is 1.68 bits per heavy atom. The standard InChI is InChI=1S/C20H32N2O3/c1-13(2)22-11-17(12-22)18(23)16-9-7-15(8-10-16)14(3)21-19(24)25-20(4,5)6/h7-10,13-14,17-18,23H,11-12H2,1-6H3,(H,21,24)/t14-,18?/m0/s1. The molecule has 1 aliphatic rings. The Balaban J connectivity index is 1.90. The van der Waals surface area contributed by atoms with Crippen LogP contribution in [0.15, 0.2) is 24.3 Å². The van der Waals surface area contributed by atoms with Gasteiger partial charge in [-0.1, -0.05) is 24.3 Å². The number of likely N-dealkylation sites (tertiary alicyclic amines) is 1. The van der Waals surface area contributed by atoms with Crippen LogP contribution in [-0.2, 0) is 4.74 Å². The number of rotatable bonds is 5. The summed E-state index contributed by atoms with van der Waals surface area (Å²) < 4.78 is 5.28. The van der Waals surface area contributed by atoms with Crippen molar-refractivity contribution in [3.05, 3.63) is 35.4 Å². The van der Waals surface area contributed by atoms with E-state index in [0.29, 0.717) is 12.0 Å². The largest absolute Gasteiger partial charge is 0.444 e. The predicted molar refractivity (Wildman–Crippen MR) is 99.4 cm³/mol. The van der Waals surface area contributed by atoms with Crippen molar-refractivity contribution in [3.8, 4) is 0 Å². The predicted octanol–water partition coefficient (Wildman–Crippen LogP) is 3.65. The van der Waals surface area contributed by atoms with E-state index in [1.165, 1.54) is 0 Å². The van der Waals surface area contributed by atoms with Gasteiger partial charge in [-0.05, 0) is 52.7 Å². The van der Waals surface area contributed by atoms with Gasteiger partial charge in [0.05, 0.1) is 12.1 Å². The molecule has 25 heavy (non-hydrogen) atoms. The molecule has 0 radical (unpaired) electrons. The lowest BCUT2D eigenvalue weighted by Crippen LogP contribution is -2.52. The van der Waals surface area contributed by atoms with Gasteiger partial charge in [-0.3, -0.25) is 0 Å². The fraction of sp³-hybridized carbons (Fsp3) is 0.650. The monoisotopic (exact) mass is 348 g/mol. The zero-order chi connectivity index (χ0) is 18.8. The summed E-state index contributed by atoms with van der Waals surface area (Å²) in [6, 6.07) is 8.20. The van der Waals surface area contributed by atoms with Crippen LogP contribution < -0.4 is 5.32 Å². The maximum absolute atomic E-state index is 11.9. The highest BCUT2D eigenvalue weighted by Gasteiger charge is 2.34. The fourth-order valence-electron chi connectivity index (χ4n) is 2.99. The first kappa shape index (κ1) is 19.7. The molecule has 1 fully saturated rings. The average molecular weight is 348 g/mol. The number of hydrogen-bond acceptors (Lipinski definition) is 4. The molecule has 2 rings (SSSR count). The lowest BCUT2D eigenvalue weighted by molar-refractivity contribution is -0.0206. The van der Waals surface area contributed by atoms with Gasteiger partial charge in [-0.2, -0.15) is 0 Å². The van der Waals surface area contributed by atoms with Crippen molar-refractivity contribution in [2.45, 2.75) is 65.3 Å². The summed E-state index contributed by atoms with van der Waals surface area (Å²) >= 11 is 0. The number of amides is 1. The quantitative estimate of drug-likeness (QED) is 0.853. The summed E-state index contributed by atoms with van der Waals surface area (Å²) in [6.07, 6.45) is -0.856. The first-order chi connectivity index (χ1) is 11.6. The number of hydrogen-bond donors (Lipinski definition) is 2. The molecule has 1 aliphatic heterocycles. The molecule has 1 aromatic rings. The molecule has 0 bridgehead atoms. The third-order valence-corrected chi connectivity index (χ3v) is 4.63. The van der Waals surface area contributed by atoms with E-state index in [4.69, 9.17) is 4.74 Å². The number of alkyl carbamates (subject to hydrolysis) is 1. The van der Waals surface area contributed by atoms with Gasteiger partial charge in [0, 0.05) is 25.0 Å². The Morgan fingerprint density at radius 3 is 2.16 bits per heavy atom. The van der Waals surface area contributed by atoms with Crippen LogP contribution in [0.5, 0.6) is 0 Å². The highest BCUT2D eigenvalue weighted by atomic mass is 16.6. The first-order valence-electron chi connectivity index (χ1n) is 9.08. The Kier molecular flexibility index (Phi) is 6.12. The second-order valence-electron chi connectivity index (χ2n) is 8.29. The van der Waals surface area contributed by atoms with Crippen molar-refractivity contribution in [2.75, 3.05) is 13.1 Å². The van der Waals surface area contributed by atoms with Crippen molar-refractivity contribution in [1.82, 2.24) is 10.2 Å². The molecule has 1 aromatic carbocycles. The summed E-state index contributed by atoms with van der Waals surface area (Å²) in [7, 11) is 0. The minimum absolute atomic E-state index is 0.152. The van der Waals surface area contributed by atoms with E-state index in [1.54, 1.807) is 0 Å². The fourth-order valence-corrected chi connectivity index (χ4v) is 2.99. The van der Waals surface area contributed by atoms with Crippen LogP contribution in [0.25, 0.3) is 0 Å². The van der Waals surface area contributed by atoms with Gasteiger partial charge < -0.3 is 20.1 Å². The Bertz CT molecular complexity index is 572. The minimum atomic E-state index is -0.510. The number of nitrogens with one attached hydrogen (secondary N) is 1. The molecule has 1 amide bonds. The van der Waals surface area contributed by atoms with Crippen molar-refractivity contribution >= 4 is 6.09 Å². The number of aliphatic hydroxyl groups is 1. The van der Waals surface area contributed by atoms with Crippen LogP contribution in [0.3, 0.4) is 0 Å². The molecule has 5 nitrogen and oxygen atoms in total. The number of carbonyl (C=O) groups is 1. The molecule has 0 aliphatic carbocycles. The van der Waals surface area contributed by atoms with Gasteiger partial charge in [0.25, 0.3) is 0 Å². The minimum Gasteiger partial charge on any atom is -0.444 e. The molecule has 2 atom stereocenters. The number of carbonyl (C=O) groups excluding carboxylic acids is 1. The third kappa shape index (κ3) is 5.44. The summed E-state index contributed by atoms with van der Waals surface area (Å²) in [4.78, 5) is 14.2. The van der Waals surface area contributed by atoms with Crippen LogP contribution in [0, 0.1) is 5.92 Å². The molecule has 2 N–H and O–H groups in total. The number of aliphatic hydroxyl groups excluding tert-OH is 1. The molecule has 0 aromatic heterocycles. The summed E-state index contributed by atoms with van der Waals surface area (Å²) in [6.45, 7) is 13.7. The average Bonchev–Trinajstić information content (AvgIpc) is 2.43. The third-order valence-electron chi connectivity index (χ3n) is 4.63. The van der Waals surface area contributed by atoms with Crippen LogP contribution in [0.4, 0.5) is 4.79 Å². The van der Waals surface area contributed by atoms with Gasteiger partial charge >= 0.3 is 6.09 Å². The van der Waals surface area contributed by atoms with Crippen LogP contribution >= 0.6 is 0 Å². The van der Waals surface area contributed by atoms with Crippen molar-refractivity contribution in [3.63, 3.8) is 0 Å². The molecular weight excluding hydrogens is 316 g/mol. The van der Waals surface area contributed by atoms with Gasteiger partial charge in [0.1, 0.15) is 5.60 Å². The smallest absolute Gasteiger partial charge is 0.408 e. The van der Waals surface area contributed by atoms with E-state index in [1.807, 2.05) is 52.0 Å². The summed E-state index contributed by atoms with van der Waals surface area (Å²) in [5, 5.41) is 13.4. The Morgan fingerprint density at radius 1 is 1.16 bits per heavy atom. The highest BCUT2D eigenvalue weighted by molar-refractivity contribution is 5.68. The molecular formula is C20H32N2O3. The maximum atomic E-state index is 11.9. The first-order valence-corrected chi connectivity index (χ1v) is 9.08. The van der Waals surface area contributed by atoms with Gasteiger partial charge in [-0.15, -0.1) is 0 Å². The van der Waals surface area contributed by atoms with Crippen LogP contribution in [0.2, 0.25) is 0 Å². The van der Waals surface area contributed by atoms with E-state index in [-0.39, 0.29) is 6.04 Å². The number of benzene rings is 1. The van der Waals surface area contributed by atoms with Gasteiger partial charge in [0.15, 0.2) is 0 Å². The van der Waals surface area contributed by atoms with E-state index in [2.05, 4.69) is 24.1 Å². The van der Waals surface area contributed by atoms with Crippen LogP contribution in [-0.4, -0.2) is 40.8 Å². The number of ether oxygens (including phenoxy) is 1. The molecule has 1 saturated heterocycles. The summed E-state index contributed by atoms with van der Waals surface area (Å²) in [5.74, 6) is 0.297. The highest BCUT2D eigenvalue weighted by Crippen LogP contribution is 2.31. The Hall–Kier alpha value is -1.59.